The number of hydrogen-bond acceptors (Lipinski definition) is 4. The summed E-state index contributed by atoms with van der Waals surface area (Å²) in [4.78, 5) is 25.6. The Balaban J connectivity index is 0.00000341. The molecule has 31 heavy (non-hydrogen) atoms. The van der Waals surface area contributed by atoms with Crippen LogP contribution >= 0.6 is 12.4 Å². The Hall–Kier alpha value is -2.78. The number of nitrogens with zero attached hydrogens (tertiary/aromatic N) is 2. The minimum atomic E-state index is -1.29. The fourth-order valence-electron chi connectivity index (χ4n) is 3.39. The van der Waals surface area contributed by atoms with Crippen LogP contribution in [0.15, 0.2) is 36.4 Å². The van der Waals surface area contributed by atoms with Gasteiger partial charge >= 0.3 is 0 Å². The quantitative estimate of drug-likeness (QED) is 0.676. The summed E-state index contributed by atoms with van der Waals surface area (Å²) in [5.74, 6) is -3.62. The molecule has 0 aliphatic carbocycles. The first-order chi connectivity index (χ1) is 14.3. The number of hydrazine groups is 1. The second-order valence-corrected chi connectivity index (χ2v) is 7.06. The lowest BCUT2D eigenvalue weighted by Crippen LogP contribution is -2.46. The monoisotopic (exact) mass is 457 g/mol. The molecule has 0 spiro atoms. The summed E-state index contributed by atoms with van der Waals surface area (Å²) in [5, 5.41) is 2.67. The maximum absolute atomic E-state index is 13.8. The van der Waals surface area contributed by atoms with Gasteiger partial charge in [0.25, 0.3) is 5.91 Å². The first kappa shape index (κ1) is 24.5. The Kier molecular flexibility index (Phi) is 8.29. The predicted molar refractivity (Wildman–Crippen MR) is 110 cm³/mol. The van der Waals surface area contributed by atoms with Crippen LogP contribution in [0.3, 0.4) is 0 Å². The van der Waals surface area contributed by atoms with Gasteiger partial charge in [-0.15, -0.1) is 12.4 Å². The first-order valence-corrected chi connectivity index (χ1v) is 9.45. The molecule has 3 rings (SSSR count). The summed E-state index contributed by atoms with van der Waals surface area (Å²) in [7, 11) is 1.49. The summed E-state index contributed by atoms with van der Waals surface area (Å²) < 4.78 is 45.4. The molecule has 6 nitrogen and oxygen atoms in total. The van der Waals surface area contributed by atoms with E-state index in [4.69, 9.17) is 10.5 Å². The van der Waals surface area contributed by atoms with Gasteiger partial charge < -0.3 is 10.5 Å². The van der Waals surface area contributed by atoms with Gasteiger partial charge in [-0.2, -0.15) is 0 Å². The summed E-state index contributed by atoms with van der Waals surface area (Å²) in [5.41, 5.74) is 6.22. The van der Waals surface area contributed by atoms with Crippen molar-refractivity contribution in [2.75, 3.05) is 20.2 Å². The van der Waals surface area contributed by atoms with Gasteiger partial charge in [-0.05, 0) is 42.7 Å². The number of hydrogen-bond donors (Lipinski definition) is 1. The standard InChI is InChI=1S/C21H22F3N3O3.ClH/c1-30-16-5-2-4-13(9-16)21(29)27-7-3-6-26(27)20(28)11-15(25)8-14-10-18(23)19(24)12-17(14)22;/h2,4-5,9-10,12,15H,3,6-8,11,25H2,1H3;1H/t15-;/m1./s1. The molecule has 2 N–H and O–H groups in total. The van der Waals surface area contributed by atoms with Crippen molar-refractivity contribution >= 4 is 24.2 Å². The Morgan fingerprint density at radius 3 is 2.45 bits per heavy atom. The van der Waals surface area contributed by atoms with Crippen molar-refractivity contribution in [1.82, 2.24) is 10.0 Å². The van der Waals surface area contributed by atoms with Crippen LogP contribution in [0.1, 0.15) is 28.8 Å². The molecule has 0 bridgehead atoms. The number of amides is 2. The SMILES string of the molecule is COc1cccc(C(=O)N2CCCN2C(=O)C[C@H](N)Cc2cc(F)c(F)cc2F)c1.Cl. The van der Waals surface area contributed by atoms with Crippen molar-refractivity contribution in [2.45, 2.75) is 25.3 Å². The van der Waals surface area contributed by atoms with E-state index in [1.165, 1.54) is 17.1 Å². The molecule has 2 aromatic carbocycles. The molecule has 2 amide bonds. The van der Waals surface area contributed by atoms with Crippen LogP contribution in [0.4, 0.5) is 13.2 Å². The summed E-state index contributed by atoms with van der Waals surface area (Å²) in [6.07, 6.45) is 0.279. The molecule has 1 aliphatic heterocycles. The Labute approximate surface area is 184 Å². The fraction of sp³-hybridized carbons (Fsp3) is 0.333. The maximum Gasteiger partial charge on any atom is 0.272 e. The molecular weight excluding hydrogens is 435 g/mol. The van der Waals surface area contributed by atoms with Gasteiger partial charge in [0.2, 0.25) is 5.91 Å². The largest absolute Gasteiger partial charge is 0.497 e. The van der Waals surface area contributed by atoms with Crippen molar-refractivity contribution in [1.29, 1.82) is 0 Å². The third-order valence-electron chi connectivity index (χ3n) is 4.88. The van der Waals surface area contributed by atoms with E-state index in [9.17, 15) is 22.8 Å². The average molecular weight is 458 g/mol. The van der Waals surface area contributed by atoms with Crippen LogP contribution < -0.4 is 10.5 Å². The molecule has 0 radical (unpaired) electrons. The maximum atomic E-state index is 13.8. The van der Waals surface area contributed by atoms with E-state index in [1.54, 1.807) is 24.3 Å². The summed E-state index contributed by atoms with van der Waals surface area (Å²) in [6, 6.07) is 6.97. The van der Waals surface area contributed by atoms with Gasteiger partial charge in [0.15, 0.2) is 11.6 Å². The first-order valence-electron chi connectivity index (χ1n) is 9.45. The number of carbonyl (C=O) groups is 2. The zero-order valence-corrected chi connectivity index (χ0v) is 17.6. The molecule has 0 unspecified atom stereocenters. The topological polar surface area (TPSA) is 75.9 Å². The van der Waals surface area contributed by atoms with Crippen LogP contribution in [0.2, 0.25) is 0 Å². The normalized spacial score (nSPS) is 14.2. The molecule has 1 atom stereocenters. The lowest BCUT2D eigenvalue weighted by Gasteiger charge is -2.29. The number of nitrogens with two attached hydrogens (primary N) is 1. The van der Waals surface area contributed by atoms with E-state index < -0.39 is 29.4 Å². The van der Waals surface area contributed by atoms with Gasteiger partial charge in [0.1, 0.15) is 11.6 Å². The number of benzene rings is 2. The Morgan fingerprint density at radius 1 is 1.06 bits per heavy atom. The molecule has 10 heteroatoms. The lowest BCUT2D eigenvalue weighted by atomic mass is 10.0. The second-order valence-electron chi connectivity index (χ2n) is 7.06. The van der Waals surface area contributed by atoms with Crippen molar-refractivity contribution in [2.24, 2.45) is 5.73 Å². The molecule has 1 fully saturated rings. The molecule has 1 heterocycles. The van der Waals surface area contributed by atoms with E-state index in [1.807, 2.05) is 0 Å². The number of halogens is 4. The second kappa shape index (κ2) is 10.5. The molecule has 168 valence electrons. The highest BCUT2D eigenvalue weighted by atomic mass is 35.5. The molecule has 0 saturated carbocycles. The highest BCUT2D eigenvalue weighted by Crippen LogP contribution is 2.21. The zero-order chi connectivity index (χ0) is 21.8. The zero-order valence-electron chi connectivity index (χ0n) is 16.8. The highest BCUT2D eigenvalue weighted by Gasteiger charge is 2.32. The highest BCUT2D eigenvalue weighted by molar-refractivity contribution is 5.96. The van der Waals surface area contributed by atoms with Crippen molar-refractivity contribution < 1.29 is 27.5 Å². The van der Waals surface area contributed by atoms with Gasteiger partial charge in [-0.1, -0.05) is 6.07 Å². The molecule has 0 aromatic heterocycles. The van der Waals surface area contributed by atoms with Crippen molar-refractivity contribution in [3.63, 3.8) is 0 Å². The van der Waals surface area contributed by atoms with Gasteiger partial charge in [0.05, 0.1) is 7.11 Å². The third kappa shape index (κ3) is 5.68. The molecule has 2 aromatic rings. The van der Waals surface area contributed by atoms with E-state index in [0.717, 1.165) is 6.07 Å². The third-order valence-corrected chi connectivity index (χ3v) is 4.88. The minimum Gasteiger partial charge on any atom is -0.497 e. The Morgan fingerprint density at radius 2 is 1.74 bits per heavy atom. The van der Waals surface area contributed by atoms with Gasteiger partial charge in [-0.3, -0.25) is 14.6 Å². The van der Waals surface area contributed by atoms with Crippen LogP contribution in [0.5, 0.6) is 5.75 Å². The van der Waals surface area contributed by atoms with Crippen molar-refractivity contribution in [3.8, 4) is 5.75 Å². The number of methoxy groups -OCH3 is 1. The minimum absolute atomic E-state index is 0. The summed E-state index contributed by atoms with van der Waals surface area (Å²) in [6.45, 7) is 0.718. The van der Waals surface area contributed by atoms with E-state index >= 15 is 0 Å². The molecule has 1 saturated heterocycles. The molecule has 1 aliphatic rings. The van der Waals surface area contributed by atoms with E-state index in [0.29, 0.717) is 36.9 Å². The van der Waals surface area contributed by atoms with Gasteiger partial charge in [-0.25, -0.2) is 18.2 Å². The number of rotatable bonds is 6. The predicted octanol–water partition coefficient (Wildman–Crippen LogP) is 3.08. The van der Waals surface area contributed by atoms with Crippen LogP contribution in [-0.4, -0.2) is 48.1 Å². The number of carbonyl (C=O) groups excluding carboxylic acids is 2. The smallest absolute Gasteiger partial charge is 0.272 e. The van der Waals surface area contributed by atoms with E-state index in [2.05, 4.69) is 0 Å². The van der Waals surface area contributed by atoms with Crippen molar-refractivity contribution in [3.05, 3.63) is 65.0 Å². The van der Waals surface area contributed by atoms with E-state index in [-0.39, 0.29) is 36.7 Å². The van der Waals surface area contributed by atoms with Crippen LogP contribution in [0.25, 0.3) is 0 Å². The number of ether oxygens (including phenoxy) is 1. The van der Waals surface area contributed by atoms with Crippen LogP contribution in [-0.2, 0) is 11.2 Å². The molecular formula is C21H23ClF3N3O3. The average Bonchev–Trinajstić information content (AvgIpc) is 3.21. The Bertz CT molecular complexity index is 961. The van der Waals surface area contributed by atoms with Gasteiger partial charge in [0, 0.05) is 37.2 Å². The van der Waals surface area contributed by atoms with Crippen LogP contribution in [0, 0.1) is 17.5 Å². The fourth-order valence-corrected chi connectivity index (χ4v) is 3.39. The lowest BCUT2D eigenvalue weighted by molar-refractivity contribution is -0.140. The summed E-state index contributed by atoms with van der Waals surface area (Å²) >= 11 is 0.